The van der Waals surface area contributed by atoms with E-state index in [0.717, 1.165) is 35.1 Å². The molecule has 0 saturated heterocycles. The number of rotatable bonds is 6. The molecule has 3 atom stereocenters. The number of aromatic nitrogens is 1. The van der Waals surface area contributed by atoms with Crippen LogP contribution in [0.2, 0.25) is 0 Å². The maximum Gasteiger partial charge on any atom is 0.254 e. The number of pyridine rings is 1. The van der Waals surface area contributed by atoms with Gasteiger partial charge in [0.05, 0.1) is 11.0 Å². The van der Waals surface area contributed by atoms with Crippen LogP contribution in [0.25, 0.3) is 11.1 Å². The molecule has 0 spiro atoms. The monoisotopic (exact) mass is 452 g/mol. The molecular weight excluding hydrogens is 423 g/mol. The van der Waals surface area contributed by atoms with Gasteiger partial charge in [-0.2, -0.15) is 0 Å². The third-order valence-corrected chi connectivity index (χ3v) is 7.05. The van der Waals surface area contributed by atoms with Crippen molar-refractivity contribution < 1.29 is 8.60 Å². The normalized spacial score (nSPS) is 18.9. The smallest absolute Gasteiger partial charge is 0.254 e. The Hall–Kier alpha value is -2.57. The van der Waals surface area contributed by atoms with E-state index in [9.17, 15) is 13.4 Å². The Balaban J connectivity index is 1.76. The minimum Gasteiger partial charge on any atom is -0.316 e. The van der Waals surface area contributed by atoms with E-state index >= 15 is 0 Å². The molecule has 3 unspecified atom stereocenters. The van der Waals surface area contributed by atoms with Crippen LogP contribution in [-0.4, -0.2) is 21.1 Å². The predicted octanol–water partition coefficient (Wildman–Crippen LogP) is 4.51. The second kappa shape index (κ2) is 9.51. The lowest BCUT2D eigenvalue weighted by atomic mass is 9.77. The summed E-state index contributed by atoms with van der Waals surface area (Å²) < 4.78 is 31.7. The third kappa shape index (κ3) is 4.48. The predicted molar refractivity (Wildman–Crippen MR) is 129 cm³/mol. The van der Waals surface area contributed by atoms with E-state index in [-0.39, 0.29) is 23.3 Å². The molecule has 4 rings (SSSR count). The van der Waals surface area contributed by atoms with E-state index in [2.05, 4.69) is 4.72 Å². The molecule has 6 heteroatoms. The van der Waals surface area contributed by atoms with E-state index in [1.54, 1.807) is 29.9 Å². The van der Waals surface area contributed by atoms with Crippen molar-refractivity contribution in [1.29, 1.82) is 0 Å². The lowest BCUT2D eigenvalue weighted by molar-refractivity contribution is 0.432. The fourth-order valence-electron chi connectivity index (χ4n) is 4.80. The topological polar surface area (TPSA) is 51.1 Å². The summed E-state index contributed by atoms with van der Waals surface area (Å²) in [6.07, 6.45) is 5.72. The number of nitrogens with one attached hydrogen (secondary N) is 1. The minimum absolute atomic E-state index is 0.0317. The molecule has 1 aromatic heterocycles. The molecule has 2 aromatic carbocycles. The van der Waals surface area contributed by atoms with Crippen molar-refractivity contribution in [3.05, 3.63) is 93.2 Å². The molecule has 0 radical (unpaired) electrons. The number of halogens is 1. The van der Waals surface area contributed by atoms with Crippen molar-refractivity contribution in [1.82, 2.24) is 9.29 Å². The lowest BCUT2D eigenvalue weighted by Gasteiger charge is -2.33. The van der Waals surface area contributed by atoms with E-state index in [1.807, 2.05) is 49.5 Å². The Morgan fingerprint density at radius 3 is 2.72 bits per heavy atom. The van der Waals surface area contributed by atoms with Crippen LogP contribution >= 0.6 is 0 Å². The van der Waals surface area contributed by atoms with Crippen LogP contribution in [0.3, 0.4) is 0 Å². The average molecular weight is 453 g/mol. The van der Waals surface area contributed by atoms with Crippen LogP contribution < -0.4 is 10.3 Å². The van der Waals surface area contributed by atoms with Gasteiger partial charge in [-0.05, 0) is 61.4 Å². The molecule has 0 aliphatic heterocycles. The molecule has 1 aliphatic carbocycles. The van der Waals surface area contributed by atoms with Crippen molar-refractivity contribution in [3.63, 3.8) is 0 Å². The van der Waals surface area contributed by atoms with Gasteiger partial charge in [-0.3, -0.25) is 4.79 Å². The van der Waals surface area contributed by atoms with Crippen LogP contribution in [0.5, 0.6) is 0 Å². The number of benzene rings is 2. The van der Waals surface area contributed by atoms with Gasteiger partial charge in [-0.1, -0.05) is 42.5 Å². The molecule has 32 heavy (non-hydrogen) atoms. The molecule has 1 heterocycles. The summed E-state index contributed by atoms with van der Waals surface area (Å²) in [6, 6.07) is 15.3. The number of nitrogens with zero attached hydrogens (tertiary/aromatic N) is 1. The summed E-state index contributed by atoms with van der Waals surface area (Å²) in [5, 5.41) is 0. The first-order valence-electron chi connectivity index (χ1n) is 11.0. The lowest BCUT2D eigenvalue weighted by Crippen LogP contribution is -2.43. The molecule has 4 nitrogen and oxygen atoms in total. The molecule has 3 aromatic rings. The first-order chi connectivity index (χ1) is 15.4. The Morgan fingerprint density at radius 2 is 1.97 bits per heavy atom. The molecule has 1 aliphatic rings. The molecule has 1 N–H and O–H groups in total. The molecule has 0 amide bonds. The van der Waals surface area contributed by atoms with Gasteiger partial charge in [-0.15, -0.1) is 0 Å². The standard InChI is InChI=1S/C26H29FN2O2S/c1-4-29-14-13-19-11-12-23(28-32(3)31)22(24(19)26(29)30)16-18-8-6-9-20(15-18)21-10-5-7-17(2)25(21)27/h5-10,13-15,22-23,28H,4,11-12,16H2,1-3H3. The van der Waals surface area contributed by atoms with Crippen molar-refractivity contribution in [3.8, 4) is 11.1 Å². The van der Waals surface area contributed by atoms with Gasteiger partial charge in [0.25, 0.3) is 5.56 Å². The molecule has 0 saturated carbocycles. The highest BCUT2D eigenvalue weighted by molar-refractivity contribution is 7.82. The van der Waals surface area contributed by atoms with Crippen LogP contribution in [0.4, 0.5) is 4.39 Å². The zero-order valence-electron chi connectivity index (χ0n) is 18.7. The van der Waals surface area contributed by atoms with Crippen LogP contribution in [0, 0.1) is 12.7 Å². The Kier molecular flexibility index (Phi) is 6.72. The quantitative estimate of drug-likeness (QED) is 0.598. The van der Waals surface area contributed by atoms with E-state index in [4.69, 9.17) is 0 Å². The summed E-state index contributed by atoms with van der Waals surface area (Å²) in [7, 11) is -1.18. The second-order valence-corrected chi connectivity index (χ2v) is 9.65. The van der Waals surface area contributed by atoms with E-state index < -0.39 is 11.0 Å². The van der Waals surface area contributed by atoms with Crippen LogP contribution in [-0.2, 0) is 30.4 Å². The Labute approximate surface area is 191 Å². The number of hydrogen-bond acceptors (Lipinski definition) is 2. The highest BCUT2D eigenvalue weighted by atomic mass is 32.2. The minimum atomic E-state index is -1.18. The summed E-state index contributed by atoms with van der Waals surface area (Å²) in [4.78, 5) is 13.3. The fraction of sp³-hybridized carbons (Fsp3) is 0.346. The second-order valence-electron chi connectivity index (χ2n) is 8.51. The first-order valence-corrected chi connectivity index (χ1v) is 12.6. The van der Waals surface area contributed by atoms with Crippen molar-refractivity contribution in [2.45, 2.75) is 51.6 Å². The highest BCUT2D eigenvalue weighted by Gasteiger charge is 2.33. The summed E-state index contributed by atoms with van der Waals surface area (Å²) in [5.41, 5.74) is 4.96. The van der Waals surface area contributed by atoms with E-state index in [1.165, 1.54) is 0 Å². The zero-order valence-corrected chi connectivity index (χ0v) is 19.5. The van der Waals surface area contributed by atoms with Gasteiger partial charge in [0, 0.05) is 42.1 Å². The van der Waals surface area contributed by atoms with Crippen molar-refractivity contribution >= 4 is 11.0 Å². The highest BCUT2D eigenvalue weighted by Crippen LogP contribution is 2.34. The maximum absolute atomic E-state index is 14.7. The average Bonchev–Trinajstić information content (AvgIpc) is 2.77. The molecule has 168 valence electrons. The van der Waals surface area contributed by atoms with Gasteiger partial charge < -0.3 is 4.57 Å². The van der Waals surface area contributed by atoms with Crippen molar-refractivity contribution in [2.75, 3.05) is 6.26 Å². The zero-order chi connectivity index (χ0) is 22.8. The van der Waals surface area contributed by atoms with Crippen LogP contribution in [0.1, 0.15) is 41.5 Å². The van der Waals surface area contributed by atoms with E-state index in [0.29, 0.717) is 24.1 Å². The summed E-state index contributed by atoms with van der Waals surface area (Å²) in [5.74, 6) is -0.314. The summed E-state index contributed by atoms with van der Waals surface area (Å²) >= 11 is 0. The van der Waals surface area contributed by atoms with Crippen molar-refractivity contribution in [2.24, 2.45) is 0 Å². The molecule has 0 fully saturated rings. The van der Waals surface area contributed by atoms with Gasteiger partial charge in [0.2, 0.25) is 0 Å². The summed E-state index contributed by atoms with van der Waals surface area (Å²) in [6.45, 7) is 4.34. The fourth-order valence-corrected chi connectivity index (χ4v) is 5.50. The molecular formula is C26H29FN2O2S. The Bertz CT molecular complexity index is 1220. The maximum atomic E-state index is 14.7. The third-order valence-electron chi connectivity index (χ3n) is 6.42. The molecule has 0 bridgehead atoms. The SMILES string of the molecule is CCn1ccc2c(c1=O)C(Cc1cccc(-c3cccc(C)c3F)c1)C(NS(C)=O)CC2. The number of hydrogen-bond donors (Lipinski definition) is 1. The van der Waals surface area contributed by atoms with Gasteiger partial charge in [0.1, 0.15) is 5.82 Å². The first kappa shape index (κ1) is 22.6. The van der Waals surface area contributed by atoms with Gasteiger partial charge >= 0.3 is 0 Å². The largest absolute Gasteiger partial charge is 0.316 e. The van der Waals surface area contributed by atoms with Gasteiger partial charge in [0.15, 0.2) is 0 Å². The van der Waals surface area contributed by atoms with Gasteiger partial charge in [-0.25, -0.2) is 13.3 Å². The Morgan fingerprint density at radius 1 is 1.19 bits per heavy atom. The number of aryl methyl sites for hydroxylation is 3. The van der Waals surface area contributed by atoms with Crippen LogP contribution in [0.15, 0.2) is 59.5 Å². The number of fused-ring (bicyclic) bond motifs is 1.